The van der Waals surface area contributed by atoms with Crippen molar-refractivity contribution in [2.45, 2.75) is 52.4 Å². The number of hydrogen-bond acceptors (Lipinski definition) is 3. The van der Waals surface area contributed by atoms with Gasteiger partial charge >= 0.3 is 11.9 Å². The Kier molecular flexibility index (Phi) is 12.1. The topological polar surface area (TPSA) is 63.6 Å². The summed E-state index contributed by atoms with van der Waals surface area (Å²) in [5.74, 6) is -0.970. The van der Waals surface area contributed by atoms with Crippen LogP contribution in [0.25, 0.3) is 0 Å². The smallest absolute Gasteiger partial charge is 0.306 e. The largest absolute Gasteiger partial charge is 0.481 e. The number of rotatable bonds is 10. The van der Waals surface area contributed by atoms with E-state index in [9.17, 15) is 9.59 Å². The summed E-state index contributed by atoms with van der Waals surface area (Å²) in [5.41, 5.74) is 2.42. The number of esters is 1. The molecule has 0 saturated heterocycles. The molecule has 0 aliphatic heterocycles. The molecule has 1 N–H and O–H groups in total. The molecule has 0 aliphatic carbocycles. The van der Waals surface area contributed by atoms with E-state index in [-0.39, 0.29) is 11.9 Å². The number of carboxylic acids is 1. The average Bonchev–Trinajstić information content (AvgIpc) is 2.70. The van der Waals surface area contributed by atoms with Gasteiger partial charge < -0.3 is 9.84 Å². The lowest BCUT2D eigenvalue weighted by Gasteiger charge is -2.08. The van der Waals surface area contributed by atoms with Crippen LogP contribution >= 0.6 is 0 Å². The van der Waals surface area contributed by atoms with Crippen LogP contribution in [0, 0.1) is 5.92 Å². The highest BCUT2D eigenvalue weighted by Gasteiger charge is 2.14. The maximum atomic E-state index is 11.0. The molecule has 0 aliphatic rings. The number of carbonyl (C=O) groups excluding carboxylic acids is 1. The van der Waals surface area contributed by atoms with Gasteiger partial charge in [0, 0.05) is 12.8 Å². The predicted octanol–water partition coefficient (Wildman–Crippen LogP) is 5.30. The molecule has 0 spiro atoms. The van der Waals surface area contributed by atoms with Gasteiger partial charge in [-0.25, -0.2) is 0 Å². The summed E-state index contributed by atoms with van der Waals surface area (Å²) in [4.78, 5) is 21.8. The van der Waals surface area contributed by atoms with E-state index >= 15 is 0 Å². The Balaban J connectivity index is 0.000000280. The van der Waals surface area contributed by atoms with Crippen LogP contribution in [0.4, 0.5) is 0 Å². The standard InChI is InChI=1S/2C12H16O2/c1-2-11(12(13)14)9-8-10-6-4-3-5-7-10;1-2-6-12(13)14-10-9-11-7-4-3-5-8-11/h3-7,11H,2,8-9H2,1H3,(H,13,14);3-5,7-8H,2,6,9-10H2,1H3. The second kappa shape index (κ2) is 14.4. The normalized spacial score (nSPS) is 11.1. The lowest BCUT2D eigenvalue weighted by atomic mass is 9.97. The summed E-state index contributed by atoms with van der Waals surface area (Å²) < 4.78 is 5.05. The molecule has 0 bridgehead atoms. The molecule has 0 amide bonds. The van der Waals surface area contributed by atoms with Gasteiger partial charge in [-0.15, -0.1) is 0 Å². The minimum Gasteiger partial charge on any atom is -0.481 e. The Morgan fingerprint density at radius 3 is 1.89 bits per heavy atom. The summed E-state index contributed by atoms with van der Waals surface area (Å²) >= 11 is 0. The van der Waals surface area contributed by atoms with Gasteiger partial charge in [-0.1, -0.05) is 74.5 Å². The lowest BCUT2D eigenvalue weighted by Crippen LogP contribution is -2.13. The van der Waals surface area contributed by atoms with Gasteiger partial charge in [0.15, 0.2) is 0 Å². The van der Waals surface area contributed by atoms with Crippen molar-refractivity contribution in [3.63, 3.8) is 0 Å². The molecule has 2 aromatic carbocycles. The summed E-state index contributed by atoms with van der Waals surface area (Å²) in [6.07, 6.45) is 4.47. The van der Waals surface area contributed by atoms with Gasteiger partial charge in [0.1, 0.15) is 0 Å². The Hall–Kier alpha value is -2.62. The van der Waals surface area contributed by atoms with Crippen LogP contribution in [0.3, 0.4) is 0 Å². The Morgan fingerprint density at radius 1 is 0.893 bits per heavy atom. The van der Waals surface area contributed by atoms with Gasteiger partial charge in [0.2, 0.25) is 0 Å². The second-order valence-electron chi connectivity index (χ2n) is 6.67. The average molecular weight is 385 g/mol. The van der Waals surface area contributed by atoms with Crippen molar-refractivity contribution in [2.24, 2.45) is 5.92 Å². The fourth-order valence-electron chi connectivity index (χ4n) is 2.69. The molecular weight excluding hydrogens is 352 g/mol. The Morgan fingerprint density at radius 2 is 1.43 bits per heavy atom. The summed E-state index contributed by atoms with van der Waals surface area (Å²) in [6.45, 7) is 4.38. The first kappa shape index (κ1) is 23.4. The first-order chi connectivity index (χ1) is 13.6. The van der Waals surface area contributed by atoms with Crippen molar-refractivity contribution in [3.8, 4) is 0 Å². The molecule has 2 rings (SSSR count). The lowest BCUT2D eigenvalue weighted by molar-refractivity contribution is -0.144. The zero-order valence-electron chi connectivity index (χ0n) is 17.0. The molecule has 152 valence electrons. The van der Waals surface area contributed by atoms with Gasteiger partial charge in [0.25, 0.3) is 0 Å². The predicted molar refractivity (Wildman–Crippen MR) is 112 cm³/mol. The zero-order valence-corrected chi connectivity index (χ0v) is 17.0. The molecular formula is C24H32O4. The SMILES string of the molecule is CCC(CCc1ccccc1)C(=O)O.CCCC(=O)OCCc1ccccc1. The molecule has 1 unspecified atom stereocenters. The van der Waals surface area contributed by atoms with Crippen molar-refractivity contribution in [2.75, 3.05) is 6.61 Å². The van der Waals surface area contributed by atoms with E-state index in [2.05, 4.69) is 0 Å². The highest BCUT2D eigenvalue weighted by atomic mass is 16.5. The molecule has 0 fully saturated rings. The van der Waals surface area contributed by atoms with Crippen LogP contribution < -0.4 is 0 Å². The van der Waals surface area contributed by atoms with E-state index in [4.69, 9.17) is 9.84 Å². The molecule has 0 aromatic heterocycles. The third-order valence-corrected chi connectivity index (χ3v) is 4.42. The molecule has 4 nitrogen and oxygen atoms in total. The minimum absolute atomic E-state index is 0.0940. The van der Waals surface area contributed by atoms with Crippen molar-refractivity contribution < 1.29 is 19.4 Å². The van der Waals surface area contributed by atoms with Crippen LogP contribution in [0.5, 0.6) is 0 Å². The Labute approximate surface area is 168 Å². The van der Waals surface area contributed by atoms with Crippen LogP contribution in [-0.2, 0) is 27.2 Å². The Bertz CT molecular complexity index is 666. The minimum atomic E-state index is -0.677. The van der Waals surface area contributed by atoms with Crippen LogP contribution in [-0.4, -0.2) is 23.7 Å². The first-order valence-electron chi connectivity index (χ1n) is 10.0. The fourth-order valence-corrected chi connectivity index (χ4v) is 2.69. The number of hydrogen-bond donors (Lipinski definition) is 1. The molecule has 0 heterocycles. The molecule has 0 radical (unpaired) electrons. The monoisotopic (exact) mass is 384 g/mol. The third kappa shape index (κ3) is 10.5. The summed E-state index contributed by atoms with van der Waals surface area (Å²) in [5, 5.41) is 8.85. The fraction of sp³-hybridized carbons (Fsp3) is 0.417. The first-order valence-corrected chi connectivity index (χ1v) is 10.0. The van der Waals surface area contributed by atoms with Crippen LogP contribution in [0.2, 0.25) is 0 Å². The number of aryl methyl sites for hydroxylation is 1. The highest BCUT2D eigenvalue weighted by molar-refractivity contribution is 5.70. The molecule has 2 aromatic rings. The van der Waals surface area contributed by atoms with Gasteiger partial charge in [-0.3, -0.25) is 9.59 Å². The van der Waals surface area contributed by atoms with E-state index < -0.39 is 5.97 Å². The molecule has 1 atom stereocenters. The number of aliphatic carboxylic acids is 1. The van der Waals surface area contributed by atoms with Gasteiger partial charge in [-0.05, 0) is 36.8 Å². The third-order valence-electron chi connectivity index (χ3n) is 4.42. The maximum absolute atomic E-state index is 11.0. The van der Waals surface area contributed by atoms with E-state index in [1.165, 1.54) is 11.1 Å². The second-order valence-corrected chi connectivity index (χ2v) is 6.67. The van der Waals surface area contributed by atoms with E-state index in [0.29, 0.717) is 19.4 Å². The quantitative estimate of drug-likeness (QED) is 0.564. The van der Waals surface area contributed by atoms with Crippen LogP contribution in [0.1, 0.15) is 50.7 Å². The maximum Gasteiger partial charge on any atom is 0.306 e. The van der Waals surface area contributed by atoms with E-state index in [1.54, 1.807) is 0 Å². The molecule has 0 saturated carbocycles. The number of ether oxygens (including phenoxy) is 1. The van der Waals surface area contributed by atoms with Crippen molar-refractivity contribution in [1.82, 2.24) is 0 Å². The van der Waals surface area contributed by atoms with Crippen molar-refractivity contribution in [3.05, 3.63) is 71.8 Å². The van der Waals surface area contributed by atoms with Gasteiger partial charge in [-0.2, -0.15) is 0 Å². The summed E-state index contributed by atoms with van der Waals surface area (Å²) in [7, 11) is 0. The van der Waals surface area contributed by atoms with Crippen LogP contribution in [0.15, 0.2) is 60.7 Å². The van der Waals surface area contributed by atoms with Crippen molar-refractivity contribution >= 4 is 11.9 Å². The number of carboxylic acid groups (broad SMARTS) is 1. The zero-order chi connectivity index (χ0) is 20.6. The number of carbonyl (C=O) groups is 2. The molecule has 4 heteroatoms. The van der Waals surface area contributed by atoms with Crippen molar-refractivity contribution in [1.29, 1.82) is 0 Å². The van der Waals surface area contributed by atoms with Gasteiger partial charge in [0.05, 0.1) is 12.5 Å². The molecule has 28 heavy (non-hydrogen) atoms. The highest BCUT2D eigenvalue weighted by Crippen LogP contribution is 2.13. The van der Waals surface area contributed by atoms with E-state index in [0.717, 1.165) is 25.7 Å². The van der Waals surface area contributed by atoms with E-state index in [1.807, 2.05) is 74.5 Å². The number of benzene rings is 2. The summed E-state index contributed by atoms with van der Waals surface area (Å²) in [6, 6.07) is 20.0.